The van der Waals surface area contributed by atoms with Gasteiger partial charge >= 0.3 is 0 Å². The highest BCUT2D eigenvalue weighted by Gasteiger charge is 2.09. The molecule has 2 rings (SSSR count). The molecule has 0 atom stereocenters. The maximum atomic E-state index is 5.76. The van der Waals surface area contributed by atoms with Crippen LogP contribution >= 0.6 is 23.8 Å². The lowest BCUT2D eigenvalue weighted by molar-refractivity contribution is 0.455. The first kappa shape index (κ1) is 8.47. The van der Waals surface area contributed by atoms with E-state index in [2.05, 4.69) is 5.16 Å². The van der Waals surface area contributed by atoms with Crippen LogP contribution in [0, 0.1) is 0 Å². The Bertz CT molecular complexity index is 480. The van der Waals surface area contributed by atoms with Crippen LogP contribution in [0.2, 0.25) is 5.02 Å². The Kier molecular flexibility index (Phi) is 1.94. The van der Waals surface area contributed by atoms with E-state index in [0.717, 1.165) is 5.39 Å². The molecule has 0 saturated heterocycles. The number of hydrogen-bond acceptors (Lipinski definition) is 3. The molecule has 5 heteroatoms. The number of nitrogens with zero attached hydrogens (tertiary/aromatic N) is 1. The Morgan fingerprint density at radius 1 is 1.54 bits per heavy atom. The van der Waals surface area contributed by atoms with Gasteiger partial charge in [-0.05, 0) is 12.1 Å². The summed E-state index contributed by atoms with van der Waals surface area (Å²) in [5.74, 6) is 0. The molecule has 0 fully saturated rings. The third-order valence-corrected chi connectivity index (χ3v) is 2.10. The van der Waals surface area contributed by atoms with Crippen LogP contribution in [0.1, 0.15) is 5.69 Å². The molecule has 66 valence electrons. The predicted octanol–water partition coefficient (Wildman–Crippen LogP) is 2.12. The number of nitrogens with two attached hydrogens (primary N) is 1. The fourth-order valence-electron chi connectivity index (χ4n) is 1.09. The van der Waals surface area contributed by atoms with Crippen molar-refractivity contribution in [2.75, 3.05) is 0 Å². The average molecular weight is 213 g/mol. The van der Waals surface area contributed by atoms with E-state index in [1.807, 2.05) is 0 Å². The van der Waals surface area contributed by atoms with Gasteiger partial charge in [-0.1, -0.05) is 29.0 Å². The summed E-state index contributed by atoms with van der Waals surface area (Å²) in [5, 5.41) is 5.12. The van der Waals surface area contributed by atoms with E-state index in [-0.39, 0.29) is 4.99 Å². The van der Waals surface area contributed by atoms with E-state index < -0.39 is 0 Å². The van der Waals surface area contributed by atoms with Gasteiger partial charge in [-0.3, -0.25) is 0 Å². The number of halogens is 1. The van der Waals surface area contributed by atoms with Crippen molar-refractivity contribution in [3.05, 3.63) is 28.9 Å². The van der Waals surface area contributed by atoms with Crippen LogP contribution in [-0.4, -0.2) is 10.1 Å². The minimum atomic E-state index is 0.223. The van der Waals surface area contributed by atoms with Crippen molar-refractivity contribution < 1.29 is 4.52 Å². The minimum absolute atomic E-state index is 0.223. The number of thiocarbonyl (C=S) groups is 1. The maximum absolute atomic E-state index is 5.76. The van der Waals surface area contributed by atoms with Crippen molar-refractivity contribution in [1.82, 2.24) is 5.16 Å². The number of rotatable bonds is 1. The lowest BCUT2D eigenvalue weighted by Crippen LogP contribution is -2.09. The minimum Gasteiger partial charge on any atom is -0.388 e. The molecular formula is C8H5ClN2OS. The predicted molar refractivity (Wildman–Crippen MR) is 54.9 cm³/mol. The molecule has 1 heterocycles. The Morgan fingerprint density at radius 2 is 2.31 bits per heavy atom. The summed E-state index contributed by atoms with van der Waals surface area (Å²) in [7, 11) is 0. The first-order valence-electron chi connectivity index (χ1n) is 3.53. The third kappa shape index (κ3) is 1.38. The first-order chi connectivity index (χ1) is 6.18. The highest BCUT2D eigenvalue weighted by atomic mass is 35.5. The van der Waals surface area contributed by atoms with E-state index in [1.165, 1.54) is 0 Å². The molecule has 0 radical (unpaired) electrons. The van der Waals surface area contributed by atoms with Crippen molar-refractivity contribution in [1.29, 1.82) is 0 Å². The van der Waals surface area contributed by atoms with E-state index in [1.54, 1.807) is 18.2 Å². The zero-order valence-corrected chi connectivity index (χ0v) is 8.02. The molecule has 0 spiro atoms. The molecule has 0 aliphatic rings. The third-order valence-electron chi connectivity index (χ3n) is 1.67. The molecule has 2 N–H and O–H groups in total. The molecule has 1 aromatic heterocycles. The molecule has 0 saturated carbocycles. The second-order valence-corrected chi connectivity index (χ2v) is 3.41. The zero-order chi connectivity index (χ0) is 9.42. The largest absolute Gasteiger partial charge is 0.388 e. The van der Waals surface area contributed by atoms with Gasteiger partial charge in [-0.25, -0.2) is 0 Å². The maximum Gasteiger partial charge on any atom is 0.169 e. The van der Waals surface area contributed by atoms with Crippen LogP contribution in [0.25, 0.3) is 11.0 Å². The molecule has 3 nitrogen and oxygen atoms in total. The molecule has 0 aliphatic heterocycles. The molecule has 0 bridgehead atoms. The number of fused-ring (bicyclic) bond motifs is 1. The van der Waals surface area contributed by atoms with Gasteiger partial charge in [0.25, 0.3) is 0 Å². The quantitative estimate of drug-likeness (QED) is 0.736. The summed E-state index contributed by atoms with van der Waals surface area (Å²) in [6, 6.07) is 5.19. The van der Waals surface area contributed by atoms with Gasteiger partial charge in [-0.2, -0.15) is 0 Å². The molecule has 13 heavy (non-hydrogen) atoms. The van der Waals surface area contributed by atoms with Crippen molar-refractivity contribution in [2.24, 2.45) is 5.73 Å². The highest BCUT2D eigenvalue weighted by molar-refractivity contribution is 7.80. The van der Waals surface area contributed by atoms with Crippen molar-refractivity contribution in [3.8, 4) is 0 Å². The average Bonchev–Trinajstić information content (AvgIpc) is 2.46. The molecular weight excluding hydrogens is 208 g/mol. The smallest absolute Gasteiger partial charge is 0.169 e. The summed E-state index contributed by atoms with van der Waals surface area (Å²) < 4.78 is 4.99. The fourth-order valence-corrected chi connectivity index (χ4v) is 1.40. The van der Waals surface area contributed by atoms with Crippen LogP contribution in [0.5, 0.6) is 0 Å². The van der Waals surface area contributed by atoms with Crippen LogP contribution in [0.3, 0.4) is 0 Å². The van der Waals surface area contributed by atoms with Crippen LogP contribution in [-0.2, 0) is 0 Å². The monoisotopic (exact) mass is 212 g/mol. The van der Waals surface area contributed by atoms with Crippen molar-refractivity contribution >= 4 is 39.8 Å². The van der Waals surface area contributed by atoms with Gasteiger partial charge < -0.3 is 10.3 Å². The van der Waals surface area contributed by atoms with Gasteiger partial charge in [0.1, 0.15) is 10.7 Å². The first-order valence-corrected chi connectivity index (χ1v) is 4.32. The Labute approximate surface area is 84.4 Å². The second-order valence-electron chi connectivity index (χ2n) is 2.54. The van der Waals surface area contributed by atoms with Gasteiger partial charge in [0.2, 0.25) is 0 Å². The Hall–Kier alpha value is -1.13. The summed E-state index contributed by atoms with van der Waals surface area (Å²) in [4.78, 5) is 0.223. The lowest BCUT2D eigenvalue weighted by Gasteiger charge is -1.90. The molecule has 1 aromatic carbocycles. The number of hydrogen-bond donors (Lipinski definition) is 1. The number of benzene rings is 1. The van der Waals surface area contributed by atoms with Gasteiger partial charge in [0, 0.05) is 11.1 Å². The van der Waals surface area contributed by atoms with E-state index in [4.69, 9.17) is 34.1 Å². The van der Waals surface area contributed by atoms with E-state index in [0.29, 0.717) is 16.3 Å². The Morgan fingerprint density at radius 3 is 3.00 bits per heavy atom. The summed E-state index contributed by atoms with van der Waals surface area (Å²) >= 11 is 10.6. The van der Waals surface area contributed by atoms with Crippen LogP contribution < -0.4 is 5.73 Å². The van der Waals surface area contributed by atoms with E-state index >= 15 is 0 Å². The van der Waals surface area contributed by atoms with Crippen molar-refractivity contribution in [3.63, 3.8) is 0 Å². The number of aromatic nitrogens is 1. The van der Waals surface area contributed by atoms with Crippen LogP contribution in [0.15, 0.2) is 22.7 Å². The highest BCUT2D eigenvalue weighted by Crippen LogP contribution is 2.21. The fraction of sp³-hybridized carbons (Fsp3) is 0. The lowest BCUT2D eigenvalue weighted by atomic mass is 10.2. The SMILES string of the molecule is NC(=S)c1noc2cc(Cl)ccc12. The van der Waals surface area contributed by atoms with Gasteiger partial charge in [-0.15, -0.1) is 0 Å². The normalized spacial score (nSPS) is 10.5. The van der Waals surface area contributed by atoms with E-state index in [9.17, 15) is 0 Å². The molecule has 0 amide bonds. The van der Waals surface area contributed by atoms with Crippen molar-refractivity contribution in [2.45, 2.75) is 0 Å². The summed E-state index contributed by atoms with van der Waals surface area (Å²) in [5.41, 5.74) is 6.53. The standard InChI is InChI=1S/C8H5ClN2OS/c9-4-1-2-5-6(3-4)12-11-7(5)8(10)13/h1-3H,(H2,10,13). The molecule has 0 unspecified atom stereocenters. The zero-order valence-electron chi connectivity index (χ0n) is 6.45. The summed E-state index contributed by atoms with van der Waals surface area (Å²) in [6.07, 6.45) is 0. The topological polar surface area (TPSA) is 52.0 Å². The Balaban J connectivity index is 2.76. The van der Waals surface area contributed by atoms with Crippen LogP contribution in [0.4, 0.5) is 0 Å². The molecule has 0 aliphatic carbocycles. The van der Waals surface area contributed by atoms with Gasteiger partial charge in [0.15, 0.2) is 5.58 Å². The van der Waals surface area contributed by atoms with Gasteiger partial charge in [0.05, 0.1) is 5.39 Å². The summed E-state index contributed by atoms with van der Waals surface area (Å²) in [6.45, 7) is 0. The second kappa shape index (κ2) is 2.97. The molecule has 2 aromatic rings.